The van der Waals surface area contributed by atoms with E-state index in [-0.39, 0.29) is 0 Å². The fourth-order valence-corrected chi connectivity index (χ4v) is 2.34. The number of hydrogen-bond donors (Lipinski definition) is 0. The van der Waals surface area contributed by atoms with Crippen LogP contribution in [0.25, 0.3) is 0 Å². The van der Waals surface area contributed by atoms with E-state index in [1.165, 1.54) is 5.56 Å². The van der Waals surface area contributed by atoms with Crippen molar-refractivity contribution in [3.63, 3.8) is 0 Å². The minimum Gasteiger partial charge on any atom is -0.427 e. The van der Waals surface area contributed by atoms with Crippen molar-refractivity contribution in [2.45, 2.75) is 5.33 Å². The van der Waals surface area contributed by atoms with E-state index in [1.807, 2.05) is 24.3 Å². The molecule has 5 heteroatoms. The van der Waals surface area contributed by atoms with Gasteiger partial charge in [-0.05, 0) is 17.7 Å². The van der Waals surface area contributed by atoms with Gasteiger partial charge in [-0.25, -0.2) is 0 Å². The highest BCUT2D eigenvalue weighted by Crippen LogP contribution is 2.40. The zero-order valence-electron chi connectivity index (χ0n) is 10.0. The molecule has 0 saturated heterocycles. The summed E-state index contributed by atoms with van der Waals surface area (Å²) in [6.45, 7) is 7.97. The highest BCUT2D eigenvalue weighted by Gasteiger charge is 2.13. The Morgan fingerprint density at radius 3 is 2.06 bits per heavy atom. The topological polar surface area (TPSA) is 27.7 Å². The van der Waals surface area contributed by atoms with Crippen molar-refractivity contribution >= 4 is 24.5 Å². The lowest BCUT2D eigenvalue weighted by atomic mass is 10.2. The fraction of sp³-hybridized carbons (Fsp3) is 0.231. The Morgan fingerprint density at radius 2 is 1.61 bits per heavy atom. The highest BCUT2D eigenvalue weighted by molar-refractivity contribution is 9.08. The first-order chi connectivity index (χ1) is 8.80. The maximum Gasteiger partial charge on any atom is 0.397 e. The lowest BCUT2D eigenvalue weighted by Gasteiger charge is -2.15. The molecule has 3 nitrogen and oxygen atoms in total. The van der Waals surface area contributed by atoms with Crippen molar-refractivity contribution in [2.24, 2.45) is 0 Å². The molecular weight excluding hydrogens is 315 g/mol. The normalized spacial score (nSPS) is 10.3. The van der Waals surface area contributed by atoms with E-state index in [1.54, 1.807) is 12.2 Å². The zero-order valence-corrected chi connectivity index (χ0v) is 12.5. The molecule has 0 saturated carbocycles. The number of benzene rings is 1. The molecule has 0 radical (unpaired) electrons. The number of hydrogen-bond acceptors (Lipinski definition) is 3. The van der Waals surface area contributed by atoms with Crippen molar-refractivity contribution in [2.75, 3.05) is 13.2 Å². The lowest BCUT2D eigenvalue weighted by molar-refractivity contribution is 0.238. The molecule has 0 amide bonds. The Morgan fingerprint density at radius 1 is 1.06 bits per heavy atom. The van der Waals surface area contributed by atoms with Crippen LogP contribution in [-0.2, 0) is 14.4 Å². The molecule has 0 aliphatic carbocycles. The van der Waals surface area contributed by atoms with E-state index >= 15 is 0 Å². The maximum absolute atomic E-state index is 5.63. The van der Waals surface area contributed by atoms with Gasteiger partial charge in [0, 0.05) is 5.33 Å². The average molecular weight is 331 g/mol. The van der Waals surface area contributed by atoms with Crippen molar-refractivity contribution in [3.05, 3.63) is 55.1 Å². The van der Waals surface area contributed by atoms with Gasteiger partial charge in [-0.1, -0.05) is 40.2 Å². The molecule has 0 aromatic heterocycles. The first-order valence-corrected chi connectivity index (χ1v) is 7.62. The minimum atomic E-state index is -1.42. The van der Waals surface area contributed by atoms with Crippen LogP contribution in [0.5, 0.6) is 5.75 Å². The molecule has 0 atom stereocenters. The highest BCUT2D eigenvalue weighted by atomic mass is 79.9. The Hall–Kier alpha value is -0.670. The summed E-state index contributed by atoms with van der Waals surface area (Å²) in [6, 6.07) is 7.75. The molecule has 1 aromatic rings. The van der Waals surface area contributed by atoms with Crippen LogP contribution in [0.1, 0.15) is 5.56 Å². The summed E-state index contributed by atoms with van der Waals surface area (Å²) in [4.78, 5) is 0. The molecule has 18 heavy (non-hydrogen) atoms. The van der Waals surface area contributed by atoms with Crippen LogP contribution in [0.3, 0.4) is 0 Å². The third-order valence-corrected chi connectivity index (χ3v) is 3.58. The van der Waals surface area contributed by atoms with Crippen LogP contribution in [0.2, 0.25) is 0 Å². The van der Waals surface area contributed by atoms with Crippen molar-refractivity contribution in [1.82, 2.24) is 0 Å². The van der Waals surface area contributed by atoms with E-state index < -0.39 is 8.60 Å². The summed E-state index contributed by atoms with van der Waals surface area (Å²) < 4.78 is 16.4. The standard InChI is InChI=1S/C13H16BrO3P/c1-3-9-15-18(16-10-4-2)17-13-7-5-12(11-14)6-8-13/h3-8H,1-2,9-11H2. The van der Waals surface area contributed by atoms with Gasteiger partial charge in [-0.3, -0.25) is 9.05 Å². The Balaban J connectivity index is 2.56. The summed E-state index contributed by atoms with van der Waals surface area (Å²) in [5.74, 6) is 0.721. The molecule has 0 aliphatic heterocycles. The third-order valence-electron chi connectivity index (χ3n) is 1.85. The number of halogens is 1. The molecular formula is C13H16BrO3P. The van der Waals surface area contributed by atoms with Gasteiger partial charge in [0.15, 0.2) is 0 Å². The summed E-state index contributed by atoms with van der Waals surface area (Å²) in [7, 11) is -1.42. The van der Waals surface area contributed by atoms with Gasteiger partial charge in [0.2, 0.25) is 0 Å². The van der Waals surface area contributed by atoms with Gasteiger partial charge < -0.3 is 4.52 Å². The van der Waals surface area contributed by atoms with E-state index in [9.17, 15) is 0 Å². The number of alkyl halides is 1. The van der Waals surface area contributed by atoms with E-state index in [0.717, 1.165) is 11.1 Å². The van der Waals surface area contributed by atoms with Gasteiger partial charge in [-0.15, -0.1) is 13.2 Å². The summed E-state index contributed by atoms with van der Waals surface area (Å²) in [5, 5.41) is 0.821. The largest absolute Gasteiger partial charge is 0.427 e. The van der Waals surface area contributed by atoms with Crippen molar-refractivity contribution in [1.29, 1.82) is 0 Å². The SMILES string of the molecule is C=CCOP(OCC=C)Oc1ccc(CBr)cc1. The molecule has 0 unspecified atom stereocenters. The molecule has 1 rings (SSSR count). The second-order valence-electron chi connectivity index (χ2n) is 3.26. The molecule has 1 aromatic carbocycles. The monoisotopic (exact) mass is 330 g/mol. The quantitative estimate of drug-likeness (QED) is 0.376. The van der Waals surface area contributed by atoms with E-state index in [4.69, 9.17) is 13.6 Å². The first-order valence-electron chi connectivity index (χ1n) is 5.40. The average Bonchev–Trinajstić information content (AvgIpc) is 2.42. The Kier molecular flexibility index (Phi) is 7.94. The zero-order chi connectivity index (χ0) is 13.2. The smallest absolute Gasteiger partial charge is 0.397 e. The van der Waals surface area contributed by atoms with Crippen LogP contribution in [-0.4, -0.2) is 13.2 Å². The Labute approximate surface area is 118 Å². The van der Waals surface area contributed by atoms with Crippen LogP contribution in [0.15, 0.2) is 49.6 Å². The van der Waals surface area contributed by atoms with Crippen molar-refractivity contribution in [3.8, 4) is 5.75 Å². The van der Waals surface area contributed by atoms with Gasteiger partial charge in [0.1, 0.15) is 5.75 Å². The summed E-state index contributed by atoms with van der Waals surface area (Å²) >= 11 is 3.39. The van der Waals surface area contributed by atoms with Gasteiger partial charge in [-0.2, -0.15) is 0 Å². The molecule has 98 valence electrons. The predicted octanol–water partition coefficient (Wildman–Crippen LogP) is 4.59. The fourth-order valence-electron chi connectivity index (χ4n) is 1.04. The molecule has 0 fully saturated rings. The van der Waals surface area contributed by atoms with Crippen LogP contribution in [0, 0.1) is 0 Å². The van der Waals surface area contributed by atoms with E-state index in [0.29, 0.717) is 13.2 Å². The second kappa shape index (κ2) is 9.29. The van der Waals surface area contributed by atoms with Gasteiger partial charge in [0.25, 0.3) is 0 Å². The molecule has 0 N–H and O–H groups in total. The second-order valence-corrected chi connectivity index (χ2v) is 4.97. The van der Waals surface area contributed by atoms with Gasteiger partial charge in [0.05, 0.1) is 13.2 Å². The van der Waals surface area contributed by atoms with Gasteiger partial charge >= 0.3 is 8.60 Å². The molecule has 0 bridgehead atoms. The molecule has 0 heterocycles. The third kappa shape index (κ3) is 5.78. The Bertz CT molecular complexity index is 355. The van der Waals surface area contributed by atoms with E-state index in [2.05, 4.69) is 29.1 Å². The predicted molar refractivity (Wildman–Crippen MR) is 78.9 cm³/mol. The molecule has 0 spiro atoms. The summed E-state index contributed by atoms with van der Waals surface area (Å²) in [6.07, 6.45) is 3.31. The van der Waals surface area contributed by atoms with Crippen molar-refractivity contribution < 1.29 is 13.6 Å². The summed E-state index contributed by atoms with van der Waals surface area (Å²) in [5.41, 5.74) is 1.19. The van der Waals surface area contributed by atoms with Crippen LogP contribution in [0.4, 0.5) is 0 Å². The first kappa shape index (κ1) is 15.4. The lowest BCUT2D eigenvalue weighted by Crippen LogP contribution is -1.98. The van der Waals surface area contributed by atoms with Crippen LogP contribution < -0.4 is 4.52 Å². The number of rotatable bonds is 9. The van der Waals surface area contributed by atoms with Crippen LogP contribution >= 0.6 is 24.5 Å². The molecule has 0 aliphatic rings. The minimum absolute atomic E-state index is 0.391. The maximum atomic E-state index is 5.63.